The predicted molar refractivity (Wildman–Crippen MR) is 142 cm³/mol. The molecule has 11 nitrogen and oxygen atoms in total. The minimum atomic E-state index is -0.690. The van der Waals surface area contributed by atoms with Crippen molar-refractivity contribution in [1.82, 2.24) is 24.8 Å². The largest absolute Gasteiger partial charge is 0.394 e. The first kappa shape index (κ1) is 25.6. The van der Waals surface area contributed by atoms with E-state index in [1.807, 2.05) is 38.6 Å². The molecule has 0 aromatic carbocycles. The molecule has 1 amide bonds. The highest BCUT2D eigenvalue weighted by Crippen LogP contribution is 2.38. The van der Waals surface area contributed by atoms with Gasteiger partial charge in [0.2, 0.25) is 11.9 Å². The summed E-state index contributed by atoms with van der Waals surface area (Å²) in [4.78, 5) is 35.3. The second kappa shape index (κ2) is 11.2. The molecular weight excluding hydrogens is 472 g/mol. The van der Waals surface area contributed by atoms with Gasteiger partial charge in [0, 0.05) is 71.0 Å². The Balaban J connectivity index is 1.25. The van der Waals surface area contributed by atoms with Crippen molar-refractivity contribution in [3.8, 4) is 0 Å². The normalized spacial score (nSPS) is 21.2. The van der Waals surface area contributed by atoms with E-state index in [9.17, 15) is 9.90 Å². The summed E-state index contributed by atoms with van der Waals surface area (Å²) in [5.41, 5.74) is 2.06. The van der Waals surface area contributed by atoms with Crippen LogP contribution in [-0.2, 0) is 11.2 Å². The number of carbonyl (C=O) groups is 1. The Morgan fingerprint density at radius 3 is 2.54 bits per heavy atom. The molecule has 1 saturated carbocycles. The van der Waals surface area contributed by atoms with Crippen LogP contribution in [0.15, 0.2) is 24.5 Å². The average Bonchev–Trinajstić information content (AvgIpc) is 3.56. The zero-order valence-electron chi connectivity index (χ0n) is 21.8. The lowest BCUT2D eigenvalue weighted by atomic mass is 10.1. The van der Waals surface area contributed by atoms with Gasteiger partial charge in [-0.25, -0.2) is 9.97 Å². The van der Waals surface area contributed by atoms with E-state index in [1.165, 1.54) is 12.8 Å². The predicted octanol–water partition coefficient (Wildman–Crippen LogP) is 0.852. The fourth-order valence-electron chi connectivity index (χ4n) is 5.70. The van der Waals surface area contributed by atoms with Crippen molar-refractivity contribution >= 4 is 29.2 Å². The van der Waals surface area contributed by atoms with E-state index in [2.05, 4.69) is 30.0 Å². The number of hydrogen-bond donors (Lipinski definition) is 3. The lowest BCUT2D eigenvalue weighted by Gasteiger charge is -2.36. The topological polar surface area (TPSA) is 121 Å². The van der Waals surface area contributed by atoms with Gasteiger partial charge in [-0.15, -0.1) is 0 Å². The van der Waals surface area contributed by atoms with Crippen LogP contribution in [-0.4, -0.2) is 112 Å². The van der Waals surface area contributed by atoms with E-state index in [0.29, 0.717) is 30.8 Å². The molecule has 2 aromatic heterocycles. The summed E-state index contributed by atoms with van der Waals surface area (Å²) in [6.45, 7) is 3.62. The van der Waals surface area contributed by atoms with Gasteiger partial charge in [0.15, 0.2) is 0 Å². The van der Waals surface area contributed by atoms with Crippen LogP contribution in [0.4, 0.5) is 23.3 Å². The Morgan fingerprint density at radius 1 is 1.14 bits per heavy atom. The minimum Gasteiger partial charge on any atom is -0.394 e. The zero-order chi connectivity index (χ0) is 25.9. The summed E-state index contributed by atoms with van der Waals surface area (Å²) < 4.78 is 0. The van der Waals surface area contributed by atoms with Crippen molar-refractivity contribution in [2.75, 3.05) is 68.5 Å². The molecule has 2 atom stereocenters. The molecule has 5 rings (SSSR count). The maximum Gasteiger partial charge on any atom is 0.245 e. The van der Waals surface area contributed by atoms with Crippen molar-refractivity contribution in [1.29, 1.82) is 0 Å². The Bertz CT molecular complexity index is 1070. The number of carbonyl (C=O) groups excluding carboxylic acids is 1. The van der Waals surface area contributed by atoms with Gasteiger partial charge in [0.1, 0.15) is 17.7 Å². The minimum absolute atomic E-state index is 0.113. The molecule has 2 fully saturated rings. The average molecular weight is 511 g/mol. The highest BCUT2D eigenvalue weighted by atomic mass is 16.3. The van der Waals surface area contributed by atoms with Crippen LogP contribution in [0, 0.1) is 0 Å². The lowest BCUT2D eigenvalue weighted by Crippen LogP contribution is -2.49. The van der Waals surface area contributed by atoms with Crippen molar-refractivity contribution in [2.45, 2.75) is 50.3 Å². The lowest BCUT2D eigenvalue weighted by molar-refractivity contribution is -0.130. The summed E-state index contributed by atoms with van der Waals surface area (Å²) >= 11 is 0. The highest BCUT2D eigenvalue weighted by Gasteiger charge is 2.41. The first-order valence-electron chi connectivity index (χ1n) is 13.3. The summed E-state index contributed by atoms with van der Waals surface area (Å²) in [5, 5.41) is 22.0. The monoisotopic (exact) mass is 510 g/mol. The molecule has 200 valence electrons. The van der Waals surface area contributed by atoms with Crippen molar-refractivity contribution in [2.24, 2.45) is 0 Å². The standard InChI is InChI=1S/C26H38N8O3/c1-31(2)25(37)22-13-18-14-28-26(30-24(18)34(22)19-5-3-4-6-19)29-23-8-7-20(15-27-23)33-11-9-32(10-12-33)16-21(36)17-35/h7-8,14-15,19,21-22,35-36H,3-6,9-13,16-17H2,1-2H3,(H,27,28,29,30)/t21-,22?/m1/s1. The molecule has 0 bridgehead atoms. The van der Waals surface area contributed by atoms with Crippen LogP contribution in [0.1, 0.15) is 31.2 Å². The third-order valence-corrected chi connectivity index (χ3v) is 7.68. The van der Waals surface area contributed by atoms with E-state index < -0.39 is 6.10 Å². The van der Waals surface area contributed by atoms with Crippen molar-refractivity contribution in [3.05, 3.63) is 30.1 Å². The van der Waals surface area contributed by atoms with Gasteiger partial charge in [0.25, 0.3) is 0 Å². The number of aliphatic hydroxyl groups is 2. The summed E-state index contributed by atoms with van der Waals surface area (Å²) in [5.74, 6) is 2.13. The van der Waals surface area contributed by atoms with Crippen LogP contribution in [0.3, 0.4) is 0 Å². The summed E-state index contributed by atoms with van der Waals surface area (Å²) in [6, 6.07) is 4.09. The number of β-amino-alcohol motifs (C(OH)–C–C–N with tert-alkyl or cyclic N) is 1. The Kier molecular flexibility index (Phi) is 7.73. The zero-order valence-corrected chi connectivity index (χ0v) is 21.8. The Hall–Kier alpha value is -3.02. The number of pyridine rings is 1. The molecule has 3 aliphatic rings. The van der Waals surface area contributed by atoms with Gasteiger partial charge < -0.3 is 30.2 Å². The van der Waals surface area contributed by atoms with E-state index in [4.69, 9.17) is 10.1 Å². The van der Waals surface area contributed by atoms with E-state index in [1.54, 1.807) is 4.90 Å². The molecule has 37 heavy (non-hydrogen) atoms. The molecule has 2 aromatic rings. The number of likely N-dealkylation sites (N-methyl/N-ethyl adjacent to an activating group) is 1. The van der Waals surface area contributed by atoms with Gasteiger partial charge in [0.05, 0.1) is 24.6 Å². The van der Waals surface area contributed by atoms with E-state index in [-0.39, 0.29) is 18.6 Å². The number of nitrogens with zero attached hydrogens (tertiary/aromatic N) is 7. The van der Waals surface area contributed by atoms with Crippen molar-refractivity contribution in [3.63, 3.8) is 0 Å². The van der Waals surface area contributed by atoms with Crippen LogP contribution in [0.5, 0.6) is 0 Å². The molecule has 0 radical (unpaired) electrons. The second-order valence-corrected chi connectivity index (χ2v) is 10.5. The van der Waals surface area contributed by atoms with Gasteiger partial charge in [-0.3, -0.25) is 9.69 Å². The molecule has 1 unspecified atom stereocenters. The third-order valence-electron chi connectivity index (χ3n) is 7.68. The summed E-state index contributed by atoms with van der Waals surface area (Å²) in [7, 11) is 3.63. The number of fused-ring (bicyclic) bond motifs is 1. The first-order valence-corrected chi connectivity index (χ1v) is 13.3. The maximum absolute atomic E-state index is 13.0. The highest BCUT2D eigenvalue weighted by molar-refractivity contribution is 5.87. The molecule has 11 heteroatoms. The molecule has 2 aliphatic heterocycles. The van der Waals surface area contributed by atoms with E-state index in [0.717, 1.165) is 56.1 Å². The van der Waals surface area contributed by atoms with Gasteiger partial charge in [-0.2, -0.15) is 4.98 Å². The van der Waals surface area contributed by atoms with Crippen LogP contribution in [0.2, 0.25) is 0 Å². The summed E-state index contributed by atoms with van der Waals surface area (Å²) in [6.07, 6.45) is 8.19. The van der Waals surface area contributed by atoms with Gasteiger partial charge >= 0.3 is 0 Å². The molecule has 1 aliphatic carbocycles. The Labute approximate surface area is 218 Å². The number of piperazine rings is 1. The van der Waals surface area contributed by atoms with E-state index >= 15 is 0 Å². The number of amides is 1. The van der Waals surface area contributed by atoms with Crippen LogP contribution >= 0.6 is 0 Å². The smallest absolute Gasteiger partial charge is 0.245 e. The molecule has 4 heterocycles. The third kappa shape index (κ3) is 5.63. The number of rotatable bonds is 8. The number of hydrogen-bond acceptors (Lipinski definition) is 10. The van der Waals surface area contributed by atoms with Crippen LogP contribution < -0.4 is 15.1 Å². The van der Waals surface area contributed by atoms with Crippen LogP contribution in [0.25, 0.3) is 0 Å². The number of aromatic nitrogens is 3. The first-order chi connectivity index (χ1) is 17.9. The fraction of sp³-hybridized carbons (Fsp3) is 0.615. The quantitative estimate of drug-likeness (QED) is 0.471. The molecule has 0 spiro atoms. The van der Waals surface area contributed by atoms with Gasteiger partial charge in [-0.1, -0.05) is 12.8 Å². The number of anilines is 4. The maximum atomic E-state index is 13.0. The SMILES string of the molecule is CN(C)C(=O)C1Cc2cnc(Nc3ccc(N4CCN(C[C@@H](O)CO)CC4)cn3)nc2N1C1CCCC1. The van der Waals surface area contributed by atoms with Crippen molar-refractivity contribution < 1.29 is 15.0 Å². The fourth-order valence-corrected chi connectivity index (χ4v) is 5.70. The molecule has 3 N–H and O–H groups in total. The number of aliphatic hydroxyl groups excluding tert-OH is 2. The number of nitrogens with one attached hydrogen (secondary N) is 1. The molecule has 1 saturated heterocycles. The Morgan fingerprint density at radius 2 is 1.89 bits per heavy atom. The van der Waals surface area contributed by atoms with Gasteiger partial charge in [-0.05, 0) is 25.0 Å². The second-order valence-electron chi connectivity index (χ2n) is 10.5. The molecular formula is C26H38N8O3.